The molecule has 0 atom stereocenters. The summed E-state index contributed by atoms with van der Waals surface area (Å²) in [5, 5.41) is 5.73. The van der Waals surface area contributed by atoms with Crippen LogP contribution in [0.25, 0.3) is 0 Å². The van der Waals surface area contributed by atoms with Crippen LogP contribution in [-0.2, 0) is 6.42 Å². The molecule has 6 heteroatoms. The summed E-state index contributed by atoms with van der Waals surface area (Å²) in [5.41, 5.74) is 3.03. The molecule has 0 spiro atoms. The molecule has 0 aliphatic carbocycles. The first-order valence-corrected chi connectivity index (χ1v) is 10.3. The summed E-state index contributed by atoms with van der Waals surface area (Å²) in [6, 6.07) is 22.1. The third kappa shape index (κ3) is 6.40. The second-order valence-electron chi connectivity index (χ2n) is 7.08. The van der Waals surface area contributed by atoms with Gasteiger partial charge in [0.25, 0.3) is 5.91 Å². The van der Waals surface area contributed by atoms with Gasteiger partial charge in [-0.15, -0.1) is 0 Å². The number of carbonyl (C=O) groups excluding carboxylic acids is 2. The maximum atomic E-state index is 13.3. The minimum Gasteiger partial charge on any atom is -0.352 e. The first-order valence-electron chi connectivity index (χ1n) is 10.3. The van der Waals surface area contributed by atoms with Crippen molar-refractivity contribution in [3.05, 3.63) is 95.8 Å². The lowest BCUT2D eigenvalue weighted by Gasteiger charge is -2.23. The van der Waals surface area contributed by atoms with E-state index in [0.29, 0.717) is 36.4 Å². The lowest BCUT2D eigenvalue weighted by molar-refractivity contribution is 0.0953. The zero-order valence-corrected chi connectivity index (χ0v) is 17.5. The van der Waals surface area contributed by atoms with Crippen LogP contribution in [0, 0.1) is 5.82 Å². The van der Waals surface area contributed by atoms with E-state index in [1.807, 2.05) is 42.5 Å². The standard InChI is InChI=1S/C25H26FN3O2/c1-2-19-9-11-20(12-10-19)24(30)27-17-6-18-29(23-15-13-21(26)14-16-23)25(31)28-22-7-4-3-5-8-22/h3-5,7-16H,2,6,17-18H2,1H3,(H,27,30)(H,28,31). The molecule has 160 valence electrons. The number of amides is 3. The molecule has 0 radical (unpaired) electrons. The van der Waals surface area contributed by atoms with Crippen molar-refractivity contribution in [2.45, 2.75) is 19.8 Å². The minimum atomic E-state index is -0.367. The summed E-state index contributed by atoms with van der Waals surface area (Å²) < 4.78 is 13.3. The molecule has 0 aliphatic heterocycles. The van der Waals surface area contributed by atoms with E-state index in [9.17, 15) is 14.0 Å². The third-order valence-corrected chi connectivity index (χ3v) is 4.88. The molecule has 0 saturated carbocycles. The monoisotopic (exact) mass is 419 g/mol. The lowest BCUT2D eigenvalue weighted by atomic mass is 10.1. The topological polar surface area (TPSA) is 61.4 Å². The van der Waals surface area contributed by atoms with Crippen molar-refractivity contribution in [2.75, 3.05) is 23.3 Å². The molecule has 31 heavy (non-hydrogen) atoms. The highest BCUT2D eigenvalue weighted by atomic mass is 19.1. The van der Waals surface area contributed by atoms with E-state index in [1.165, 1.54) is 22.6 Å². The van der Waals surface area contributed by atoms with Crippen molar-refractivity contribution in [1.29, 1.82) is 0 Å². The fourth-order valence-corrected chi connectivity index (χ4v) is 3.11. The second-order valence-corrected chi connectivity index (χ2v) is 7.08. The molecule has 0 unspecified atom stereocenters. The van der Waals surface area contributed by atoms with Gasteiger partial charge in [0.1, 0.15) is 5.82 Å². The quantitative estimate of drug-likeness (QED) is 0.490. The number of urea groups is 1. The molecule has 3 aromatic carbocycles. The van der Waals surface area contributed by atoms with E-state index in [4.69, 9.17) is 0 Å². The number of nitrogens with zero attached hydrogens (tertiary/aromatic N) is 1. The molecule has 3 rings (SSSR count). The van der Waals surface area contributed by atoms with Gasteiger partial charge in [-0.25, -0.2) is 9.18 Å². The molecule has 3 amide bonds. The molecular formula is C25H26FN3O2. The molecular weight excluding hydrogens is 393 g/mol. The van der Waals surface area contributed by atoms with Crippen LogP contribution in [0.15, 0.2) is 78.9 Å². The van der Waals surface area contributed by atoms with Gasteiger partial charge in [0.2, 0.25) is 0 Å². The predicted octanol–water partition coefficient (Wildman–Crippen LogP) is 5.25. The Morgan fingerprint density at radius 3 is 2.23 bits per heavy atom. The molecule has 0 aliphatic rings. The zero-order valence-electron chi connectivity index (χ0n) is 17.5. The van der Waals surface area contributed by atoms with E-state index in [1.54, 1.807) is 24.3 Å². The summed E-state index contributed by atoms with van der Waals surface area (Å²) in [6.45, 7) is 2.83. The molecule has 0 bridgehead atoms. The number of hydrogen-bond acceptors (Lipinski definition) is 2. The van der Waals surface area contributed by atoms with Gasteiger partial charge in [-0.2, -0.15) is 0 Å². The molecule has 0 saturated heterocycles. The van der Waals surface area contributed by atoms with Crippen molar-refractivity contribution in [2.24, 2.45) is 0 Å². The number of hydrogen-bond donors (Lipinski definition) is 2. The first-order chi connectivity index (χ1) is 15.1. The van der Waals surface area contributed by atoms with Gasteiger partial charge in [-0.1, -0.05) is 37.3 Å². The fraction of sp³-hybridized carbons (Fsp3) is 0.200. The van der Waals surface area contributed by atoms with Gasteiger partial charge in [0.05, 0.1) is 0 Å². The number of aryl methyl sites for hydroxylation is 1. The van der Waals surface area contributed by atoms with E-state index in [2.05, 4.69) is 17.6 Å². The number of halogens is 1. The van der Waals surface area contributed by atoms with Crippen molar-refractivity contribution in [1.82, 2.24) is 5.32 Å². The summed E-state index contributed by atoms with van der Waals surface area (Å²) in [7, 11) is 0. The summed E-state index contributed by atoms with van der Waals surface area (Å²) in [4.78, 5) is 26.7. The van der Waals surface area contributed by atoms with Crippen LogP contribution in [0.1, 0.15) is 29.3 Å². The molecule has 0 aromatic heterocycles. The maximum absolute atomic E-state index is 13.3. The second kappa shape index (κ2) is 10.9. The Morgan fingerprint density at radius 1 is 0.903 bits per heavy atom. The van der Waals surface area contributed by atoms with Crippen LogP contribution in [0.5, 0.6) is 0 Å². The molecule has 2 N–H and O–H groups in total. The number of anilines is 2. The van der Waals surface area contributed by atoms with Gasteiger partial charge in [0, 0.05) is 30.0 Å². The highest BCUT2D eigenvalue weighted by molar-refractivity contribution is 6.01. The van der Waals surface area contributed by atoms with E-state index in [0.717, 1.165) is 6.42 Å². The van der Waals surface area contributed by atoms with Crippen molar-refractivity contribution >= 4 is 23.3 Å². The number of para-hydroxylation sites is 1. The van der Waals surface area contributed by atoms with E-state index < -0.39 is 0 Å². The number of carbonyl (C=O) groups is 2. The van der Waals surface area contributed by atoms with Crippen LogP contribution in [0.3, 0.4) is 0 Å². The van der Waals surface area contributed by atoms with Gasteiger partial charge >= 0.3 is 6.03 Å². The Kier molecular flexibility index (Phi) is 7.76. The molecule has 0 heterocycles. The number of benzene rings is 3. The third-order valence-electron chi connectivity index (χ3n) is 4.88. The Morgan fingerprint density at radius 2 is 1.58 bits per heavy atom. The highest BCUT2D eigenvalue weighted by Crippen LogP contribution is 2.17. The maximum Gasteiger partial charge on any atom is 0.326 e. The average Bonchev–Trinajstić information content (AvgIpc) is 2.80. The van der Waals surface area contributed by atoms with Gasteiger partial charge in [-0.05, 0) is 66.9 Å². The van der Waals surface area contributed by atoms with Crippen LogP contribution < -0.4 is 15.5 Å². The van der Waals surface area contributed by atoms with Crippen molar-refractivity contribution < 1.29 is 14.0 Å². The van der Waals surface area contributed by atoms with Crippen LogP contribution in [-0.4, -0.2) is 25.0 Å². The van der Waals surface area contributed by atoms with Crippen molar-refractivity contribution in [3.8, 4) is 0 Å². The van der Waals surface area contributed by atoms with Crippen LogP contribution in [0.2, 0.25) is 0 Å². The Hall–Kier alpha value is -3.67. The largest absolute Gasteiger partial charge is 0.352 e. The fourth-order valence-electron chi connectivity index (χ4n) is 3.11. The molecule has 0 fully saturated rings. The van der Waals surface area contributed by atoms with Crippen LogP contribution in [0.4, 0.5) is 20.6 Å². The first kappa shape index (κ1) is 22.0. The van der Waals surface area contributed by atoms with E-state index in [-0.39, 0.29) is 17.8 Å². The minimum absolute atomic E-state index is 0.148. The zero-order chi connectivity index (χ0) is 22.1. The summed E-state index contributed by atoms with van der Waals surface area (Å²) >= 11 is 0. The van der Waals surface area contributed by atoms with Crippen LogP contribution >= 0.6 is 0 Å². The average molecular weight is 420 g/mol. The number of nitrogens with one attached hydrogen (secondary N) is 2. The smallest absolute Gasteiger partial charge is 0.326 e. The Bertz CT molecular complexity index is 990. The SMILES string of the molecule is CCc1ccc(C(=O)NCCCN(C(=O)Nc2ccccc2)c2ccc(F)cc2)cc1. The van der Waals surface area contributed by atoms with Crippen molar-refractivity contribution in [3.63, 3.8) is 0 Å². The molecule has 3 aromatic rings. The summed E-state index contributed by atoms with van der Waals surface area (Å²) in [5.74, 6) is -0.516. The Labute approximate surface area is 181 Å². The highest BCUT2D eigenvalue weighted by Gasteiger charge is 2.16. The van der Waals surface area contributed by atoms with Gasteiger partial charge in [-0.3, -0.25) is 9.69 Å². The normalized spacial score (nSPS) is 10.4. The van der Waals surface area contributed by atoms with E-state index >= 15 is 0 Å². The van der Waals surface area contributed by atoms with Gasteiger partial charge < -0.3 is 10.6 Å². The molecule has 5 nitrogen and oxygen atoms in total. The summed E-state index contributed by atoms with van der Waals surface area (Å²) in [6.07, 6.45) is 1.46. The number of rotatable bonds is 8. The lowest BCUT2D eigenvalue weighted by Crippen LogP contribution is -2.37. The Balaban J connectivity index is 1.59. The van der Waals surface area contributed by atoms with Gasteiger partial charge in [0.15, 0.2) is 0 Å². The predicted molar refractivity (Wildman–Crippen MR) is 122 cm³/mol.